The Kier molecular flexibility index (Phi) is 5.36. The first-order chi connectivity index (χ1) is 12.1. The molecular weight excluding hydrogens is 352 g/mol. The van der Waals surface area contributed by atoms with Gasteiger partial charge in [0.15, 0.2) is 0 Å². The quantitative estimate of drug-likeness (QED) is 0.477. The smallest absolute Gasteiger partial charge is 0.289 e. The number of carbonyl (C=O) groups is 1. The van der Waals surface area contributed by atoms with Crippen LogP contribution in [0, 0.1) is 12.7 Å². The Morgan fingerprint density at radius 2 is 2.04 bits per heavy atom. The summed E-state index contributed by atoms with van der Waals surface area (Å²) in [5.41, 5.74) is -0.299. The van der Waals surface area contributed by atoms with Crippen LogP contribution in [0.1, 0.15) is 30.9 Å². The largest absolute Gasteiger partial charge is 0.432 e. The number of allylic oxidation sites excluding steroid dienone is 3. The molecule has 1 aliphatic carbocycles. The maximum Gasteiger partial charge on any atom is 0.432 e. The number of carbonyl (C=O) groups excluding carboxylic acids is 1. The van der Waals surface area contributed by atoms with Crippen LogP contribution in [0.2, 0.25) is 0 Å². The van der Waals surface area contributed by atoms with Crippen LogP contribution in [0.3, 0.4) is 0 Å². The number of hydrogen-bond acceptors (Lipinski definition) is 3. The first kappa shape index (κ1) is 19.8. The molecule has 0 radical (unpaired) electrons. The van der Waals surface area contributed by atoms with Gasteiger partial charge in [0.05, 0.1) is 5.41 Å². The molecule has 0 aliphatic heterocycles. The van der Waals surface area contributed by atoms with Gasteiger partial charge in [-0.15, -0.1) is 0 Å². The van der Waals surface area contributed by atoms with Gasteiger partial charge in [0.25, 0.3) is 5.91 Å². The predicted octanol–water partition coefficient (Wildman–Crippen LogP) is 4.13. The summed E-state index contributed by atoms with van der Waals surface area (Å²) in [7, 11) is 0. The van der Waals surface area contributed by atoms with E-state index in [1.807, 2.05) is 0 Å². The van der Waals surface area contributed by atoms with Gasteiger partial charge in [0.1, 0.15) is 11.5 Å². The first-order valence-electron chi connectivity index (χ1n) is 7.76. The van der Waals surface area contributed by atoms with Gasteiger partial charge in [0.2, 0.25) is 0 Å². The Balaban J connectivity index is 2.63. The number of aliphatic imine (C=N–C) groups is 1. The van der Waals surface area contributed by atoms with Crippen LogP contribution in [0.4, 0.5) is 17.6 Å². The van der Waals surface area contributed by atoms with Crippen molar-refractivity contribution in [1.29, 1.82) is 0 Å². The minimum absolute atomic E-state index is 0.0237. The van der Waals surface area contributed by atoms with Crippen LogP contribution < -0.4 is 5.48 Å². The summed E-state index contributed by atoms with van der Waals surface area (Å²) in [5, 5.41) is 9.19. The van der Waals surface area contributed by atoms with E-state index in [0.29, 0.717) is 5.57 Å². The molecule has 1 aromatic carbocycles. The molecule has 26 heavy (non-hydrogen) atoms. The van der Waals surface area contributed by atoms with Crippen molar-refractivity contribution in [2.75, 3.05) is 0 Å². The second-order valence-corrected chi connectivity index (χ2v) is 6.11. The molecule has 2 N–H and O–H groups in total. The summed E-state index contributed by atoms with van der Waals surface area (Å²) >= 11 is 0. The molecule has 0 heterocycles. The zero-order chi connectivity index (χ0) is 19.7. The summed E-state index contributed by atoms with van der Waals surface area (Å²) in [5.74, 6) is -1.40. The molecule has 1 atom stereocenters. The Labute approximate surface area is 147 Å². The maximum atomic E-state index is 14.0. The molecule has 1 saturated carbocycles. The van der Waals surface area contributed by atoms with Gasteiger partial charge in [-0.3, -0.25) is 10.0 Å². The molecular formula is C18H18F4N2O2. The third-order valence-electron chi connectivity index (χ3n) is 4.60. The molecule has 0 saturated heterocycles. The lowest BCUT2D eigenvalue weighted by Crippen LogP contribution is -2.42. The second-order valence-electron chi connectivity index (χ2n) is 6.11. The van der Waals surface area contributed by atoms with Crippen LogP contribution in [0.15, 0.2) is 47.1 Å². The maximum absolute atomic E-state index is 14.0. The number of amides is 1. The fourth-order valence-electron chi connectivity index (χ4n) is 3.20. The molecule has 1 aliphatic rings. The standard InChI is InChI=1S/C18H18F4N2O2/c1-4-12-8-17(16(25)24-26,13-6-5-7-14(19)10(13)2)9-15(12)23-11(3)18(20,21)22/h4-7,26H,3,8-9H2,1-2H3,(H,24,25)/b12-4-,23-15-/t17-/m0/s1. The fourth-order valence-corrected chi connectivity index (χ4v) is 3.20. The Bertz CT molecular complexity index is 812. The van der Waals surface area contributed by atoms with Gasteiger partial charge in [-0.1, -0.05) is 24.8 Å². The Morgan fingerprint density at radius 3 is 2.58 bits per heavy atom. The SMILES string of the molecule is C=C(/N=C1/C[C@](C(=O)NO)(c2cccc(F)c2C)C/C1=C/C)C(F)(F)F. The highest BCUT2D eigenvalue weighted by Gasteiger charge is 2.49. The van der Waals surface area contributed by atoms with E-state index in [4.69, 9.17) is 0 Å². The van der Waals surface area contributed by atoms with Crippen molar-refractivity contribution in [3.05, 3.63) is 59.1 Å². The molecule has 1 amide bonds. The summed E-state index contributed by atoms with van der Waals surface area (Å²) in [6.07, 6.45) is -3.41. The highest BCUT2D eigenvalue weighted by Crippen LogP contribution is 2.45. The van der Waals surface area contributed by atoms with Crippen molar-refractivity contribution >= 4 is 11.6 Å². The van der Waals surface area contributed by atoms with E-state index in [-0.39, 0.29) is 29.7 Å². The summed E-state index contributed by atoms with van der Waals surface area (Å²) in [4.78, 5) is 16.0. The fraction of sp³-hybridized carbons (Fsp3) is 0.333. The van der Waals surface area contributed by atoms with Crippen LogP contribution in [0.5, 0.6) is 0 Å². The zero-order valence-electron chi connectivity index (χ0n) is 14.2. The molecule has 0 aromatic heterocycles. The van der Waals surface area contributed by atoms with Crippen LogP contribution >= 0.6 is 0 Å². The second kappa shape index (κ2) is 7.03. The molecule has 0 unspecified atom stereocenters. The normalized spacial score (nSPS) is 23.5. The number of hydroxylamine groups is 1. The van der Waals surface area contributed by atoms with E-state index in [9.17, 15) is 27.6 Å². The number of hydrogen-bond donors (Lipinski definition) is 2. The van der Waals surface area contributed by atoms with Crippen molar-refractivity contribution in [2.45, 2.75) is 38.3 Å². The van der Waals surface area contributed by atoms with Gasteiger partial charge in [-0.25, -0.2) is 14.9 Å². The third kappa shape index (κ3) is 3.41. The van der Waals surface area contributed by atoms with E-state index >= 15 is 0 Å². The third-order valence-corrected chi connectivity index (χ3v) is 4.60. The molecule has 0 spiro atoms. The van der Waals surface area contributed by atoms with Crippen molar-refractivity contribution in [2.24, 2.45) is 4.99 Å². The molecule has 1 fully saturated rings. The van der Waals surface area contributed by atoms with Gasteiger partial charge in [-0.05, 0) is 43.0 Å². The molecule has 8 heteroatoms. The van der Waals surface area contributed by atoms with Crippen LogP contribution in [-0.4, -0.2) is 23.0 Å². The molecule has 0 bridgehead atoms. The highest BCUT2D eigenvalue weighted by molar-refractivity contribution is 6.09. The summed E-state index contributed by atoms with van der Waals surface area (Å²) in [6, 6.07) is 4.14. The number of alkyl halides is 3. The molecule has 140 valence electrons. The molecule has 4 nitrogen and oxygen atoms in total. The van der Waals surface area contributed by atoms with Crippen LogP contribution in [-0.2, 0) is 10.2 Å². The Hall–Kier alpha value is -2.48. The highest BCUT2D eigenvalue weighted by atomic mass is 19.4. The minimum Gasteiger partial charge on any atom is -0.289 e. The van der Waals surface area contributed by atoms with Gasteiger partial charge in [-0.2, -0.15) is 13.2 Å². The first-order valence-corrected chi connectivity index (χ1v) is 7.76. The number of nitrogens with one attached hydrogen (secondary N) is 1. The van der Waals surface area contributed by atoms with Crippen molar-refractivity contribution in [3.63, 3.8) is 0 Å². The number of benzene rings is 1. The van der Waals surface area contributed by atoms with Gasteiger partial charge >= 0.3 is 6.18 Å². The van der Waals surface area contributed by atoms with E-state index in [1.54, 1.807) is 18.5 Å². The van der Waals surface area contributed by atoms with Gasteiger partial charge < -0.3 is 0 Å². The summed E-state index contributed by atoms with van der Waals surface area (Å²) in [6.45, 7) is 6.00. The topological polar surface area (TPSA) is 61.7 Å². The average Bonchev–Trinajstić information content (AvgIpc) is 2.95. The van der Waals surface area contributed by atoms with Gasteiger partial charge in [0, 0.05) is 12.1 Å². The molecule has 1 aromatic rings. The van der Waals surface area contributed by atoms with Crippen molar-refractivity contribution in [3.8, 4) is 0 Å². The van der Waals surface area contributed by atoms with E-state index in [0.717, 1.165) is 0 Å². The van der Waals surface area contributed by atoms with Crippen molar-refractivity contribution < 1.29 is 27.6 Å². The van der Waals surface area contributed by atoms with E-state index in [1.165, 1.54) is 25.1 Å². The lowest BCUT2D eigenvalue weighted by atomic mass is 9.75. The monoisotopic (exact) mass is 370 g/mol. The van der Waals surface area contributed by atoms with E-state index in [2.05, 4.69) is 11.6 Å². The van der Waals surface area contributed by atoms with E-state index < -0.39 is 29.0 Å². The number of nitrogens with zero attached hydrogens (tertiary/aromatic N) is 1. The van der Waals surface area contributed by atoms with Crippen molar-refractivity contribution in [1.82, 2.24) is 5.48 Å². The zero-order valence-corrected chi connectivity index (χ0v) is 14.2. The number of halogens is 4. The molecule has 2 rings (SSSR count). The average molecular weight is 370 g/mol. The minimum atomic E-state index is -4.70. The van der Waals surface area contributed by atoms with Crippen LogP contribution in [0.25, 0.3) is 0 Å². The Morgan fingerprint density at radius 1 is 1.38 bits per heavy atom. The lowest BCUT2D eigenvalue weighted by molar-refractivity contribution is -0.134. The predicted molar refractivity (Wildman–Crippen MR) is 88.4 cm³/mol. The number of rotatable bonds is 3. The lowest BCUT2D eigenvalue weighted by Gasteiger charge is -2.28. The summed E-state index contributed by atoms with van der Waals surface area (Å²) < 4.78 is 52.4.